The van der Waals surface area contributed by atoms with E-state index in [0.29, 0.717) is 34.6 Å². The van der Waals surface area contributed by atoms with E-state index in [-0.39, 0.29) is 35.3 Å². The van der Waals surface area contributed by atoms with Crippen LogP contribution in [0.2, 0.25) is 5.28 Å². The highest BCUT2D eigenvalue weighted by atomic mass is 35.5. The standard InChI is InChI=1S/C28H16ClN9O4/c29-23-32-25-36-26(33-23)40-18-8-6-10-20(16-18)42-28-35-24(34-27(37-28)41-19-9-5-7-17(15-19)39-25)38(21-11-1-3-13-30-21)22-12-2-4-14-31-22/h1-16H. The van der Waals surface area contributed by atoms with Crippen LogP contribution in [0.4, 0.5) is 17.6 Å². The minimum Gasteiger partial charge on any atom is -0.424 e. The van der Waals surface area contributed by atoms with E-state index in [4.69, 9.17) is 30.5 Å². The van der Waals surface area contributed by atoms with E-state index in [2.05, 4.69) is 39.9 Å². The van der Waals surface area contributed by atoms with Crippen LogP contribution < -0.4 is 23.8 Å². The molecule has 0 saturated heterocycles. The normalized spacial score (nSPS) is 11.7. The Bertz CT molecular complexity index is 1760. The SMILES string of the molecule is Clc1nc2nc(n1)Oc1cccc(c1)Oc1nc(nc(N(c3ccccn3)c3ccccn3)n1)Oc1cccc(c1)O2. The van der Waals surface area contributed by atoms with Gasteiger partial charge in [0.2, 0.25) is 11.2 Å². The number of anilines is 3. The van der Waals surface area contributed by atoms with Gasteiger partial charge in [-0.3, -0.25) is 0 Å². The number of hydrogen-bond acceptors (Lipinski definition) is 13. The maximum Gasteiger partial charge on any atom is 0.330 e. The largest absolute Gasteiger partial charge is 0.424 e. The van der Waals surface area contributed by atoms with Crippen LogP contribution in [0.5, 0.6) is 47.0 Å². The van der Waals surface area contributed by atoms with E-state index < -0.39 is 0 Å². The van der Waals surface area contributed by atoms with Crippen molar-refractivity contribution < 1.29 is 18.9 Å². The molecule has 0 saturated carbocycles. The predicted octanol–water partition coefficient (Wildman–Crippen LogP) is 6.45. The molecule has 0 atom stereocenters. The number of fused-ring (bicyclic) bond motifs is 8. The highest BCUT2D eigenvalue weighted by molar-refractivity contribution is 6.28. The Morgan fingerprint density at radius 1 is 0.476 bits per heavy atom. The van der Waals surface area contributed by atoms with Crippen LogP contribution >= 0.6 is 11.6 Å². The van der Waals surface area contributed by atoms with Crippen molar-refractivity contribution in [2.24, 2.45) is 0 Å². The molecule has 4 aromatic heterocycles. The zero-order valence-corrected chi connectivity index (χ0v) is 22.0. The summed E-state index contributed by atoms with van der Waals surface area (Å²) in [6.07, 6.45) is 3.31. The Labute approximate surface area is 242 Å². The molecule has 0 amide bonds. The molecular weight excluding hydrogens is 562 g/mol. The molecule has 42 heavy (non-hydrogen) atoms. The summed E-state index contributed by atoms with van der Waals surface area (Å²) in [7, 11) is 0. The molecule has 6 aromatic rings. The van der Waals surface area contributed by atoms with Gasteiger partial charge in [-0.15, -0.1) is 9.97 Å². The molecule has 1 aliphatic heterocycles. The van der Waals surface area contributed by atoms with E-state index in [1.54, 1.807) is 90.1 Å². The summed E-state index contributed by atoms with van der Waals surface area (Å²) >= 11 is 6.09. The summed E-state index contributed by atoms with van der Waals surface area (Å²) in [6, 6.07) is 24.0. The number of pyridine rings is 2. The molecule has 5 heterocycles. The summed E-state index contributed by atoms with van der Waals surface area (Å²) < 4.78 is 23.8. The lowest BCUT2D eigenvalue weighted by molar-refractivity contribution is 0.380. The molecule has 204 valence electrons. The van der Waals surface area contributed by atoms with Crippen molar-refractivity contribution in [2.75, 3.05) is 4.90 Å². The van der Waals surface area contributed by atoms with E-state index in [9.17, 15) is 0 Å². The van der Waals surface area contributed by atoms with Crippen LogP contribution in [0.3, 0.4) is 0 Å². The van der Waals surface area contributed by atoms with E-state index in [1.807, 2.05) is 12.1 Å². The van der Waals surface area contributed by atoms with E-state index in [1.165, 1.54) is 0 Å². The Morgan fingerprint density at radius 3 is 1.31 bits per heavy atom. The number of hydrogen-bond donors (Lipinski definition) is 0. The molecule has 0 spiro atoms. The second-order valence-corrected chi connectivity index (χ2v) is 8.78. The second kappa shape index (κ2) is 10.9. The molecule has 14 heteroatoms. The van der Waals surface area contributed by atoms with Crippen molar-refractivity contribution in [3.8, 4) is 47.0 Å². The van der Waals surface area contributed by atoms with Crippen molar-refractivity contribution in [3.05, 3.63) is 103 Å². The quantitative estimate of drug-likeness (QED) is 0.227. The molecule has 0 fully saturated rings. The first-order valence-corrected chi connectivity index (χ1v) is 12.7. The Balaban J connectivity index is 1.38. The maximum atomic E-state index is 6.09. The minimum atomic E-state index is -0.110. The van der Waals surface area contributed by atoms with Gasteiger partial charge in [0.15, 0.2) is 0 Å². The minimum absolute atomic E-state index is 0.0611. The highest BCUT2D eigenvalue weighted by Crippen LogP contribution is 2.34. The van der Waals surface area contributed by atoms with Crippen LogP contribution in [-0.2, 0) is 0 Å². The number of ether oxygens (including phenoxy) is 4. The molecule has 2 aromatic carbocycles. The number of nitrogens with zero attached hydrogens (tertiary/aromatic N) is 9. The lowest BCUT2D eigenvalue weighted by Gasteiger charge is -2.21. The zero-order valence-electron chi connectivity index (χ0n) is 21.3. The van der Waals surface area contributed by atoms with Crippen LogP contribution in [0.25, 0.3) is 0 Å². The first-order valence-electron chi connectivity index (χ1n) is 12.4. The Hall–Kier alpha value is -5.95. The molecule has 0 N–H and O–H groups in total. The predicted molar refractivity (Wildman–Crippen MR) is 148 cm³/mol. The second-order valence-electron chi connectivity index (χ2n) is 8.44. The third-order valence-electron chi connectivity index (χ3n) is 5.55. The van der Waals surface area contributed by atoms with Crippen LogP contribution in [0, 0.1) is 0 Å². The fourth-order valence-corrected chi connectivity index (χ4v) is 3.99. The van der Waals surface area contributed by atoms with Gasteiger partial charge in [-0.1, -0.05) is 24.3 Å². The van der Waals surface area contributed by atoms with Gasteiger partial charge in [0.1, 0.15) is 34.6 Å². The monoisotopic (exact) mass is 577 g/mol. The van der Waals surface area contributed by atoms with E-state index in [0.717, 1.165) is 0 Å². The average Bonchev–Trinajstić information content (AvgIpc) is 2.98. The molecule has 13 nitrogen and oxygen atoms in total. The molecule has 0 aliphatic carbocycles. The third kappa shape index (κ3) is 5.52. The lowest BCUT2D eigenvalue weighted by atomic mass is 10.3. The molecule has 0 radical (unpaired) electrons. The van der Waals surface area contributed by atoms with Crippen LogP contribution in [-0.4, -0.2) is 39.9 Å². The average molecular weight is 578 g/mol. The summed E-state index contributed by atoms with van der Waals surface area (Å²) in [5, 5.41) is -0.110. The van der Waals surface area contributed by atoms with Crippen LogP contribution in [0.1, 0.15) is 0 Å². The summed E-state index contributed by atoms with van der Waals surface area (Å²) in [4.78, 5) is 36.4. The Morgan fingerprint density at radius 2 is 0.905 bits per heavy atom. The van der Waals surface area contributed by atoms with E-state index >= 15 is 0 Å². The van der Waals surface area contributed by atoms with Crippen LogP contribution in [0.15, 0.2) is 97.3 Å². The maximum absolute atomic E-state index is 6.09. The van der Waals surface area contributed by atoms with Gasteiger partial charge in [0.05, 0.1) is 0 Å². The van der Waals surface area contributed by atoms with Crippen molar-refractivity contribution in [3.63, 3.8) is 0 Å². The van der Waals surface area contributed by atoms with Crippen molar-refractivity contribution in [1.29, 1.82) is 0 Å². The number of halogens is 1. The first-order chi connectivity index (χ1) is 20.6. The van der Waals surface area contributed by atoms with Crippen molar-refractivity contribution >= 4 is 29.2 Å². The summed E-state index contributed by atoms with van der Waals surface area (Å²) in [5.74, 6) is 2.58. The van der Waals surface area contributed by atoms with Crippen molar-refractivity contribution in [2.45, 2.75) is 0 Å². The van der Waals surface area contributed by atoms with Crippen molar-refractivity contribution in [1.82, 2.24) is 39.9 Å². The summed E-state index contributed by atoms with van der Waals surface area (Å²) in [6.45, 7) is 0. The number of aromatic nitrogens is 8. The van der Waals surface area contributed by atoms with Gasteiger partial charge in [-0.25, -0.2) is 14.9 Å². The van der Waals surface area contributed by atoms with Gasteiger partial charge >= 0.3 is 24.0 Å². The Kier molecular flexibility index (Phi) is 6.50. The molecule has 0 unspecified atom stereocenters. The lowest BCUT2D eigenvalue weighted by Crippen LogP contribution is -2.17. The zero-order chi connectivity index (χ0) is 28.3. The molecular formula is C28H16ClN9O4. The smallest absolute Gasteiger partial charge is 0.330 e. The highest BCUT2D eigenvalue weighted by Gasteiger charge is 2.22. The molecule has 7 rings (SSSR count). The number of benzene rings is 2. The van der Waals surface area contributed by atoms with Gasteiger partial charge in [-0.2, -0.15) is 19.9 Å². The fourth-order valence-electron chi connectivity index (χ4n) is 3.84. The third-order valence-corrected chi connectivity index (χ3v) is 5.72. The van der Waals surface area contributed by atoms with Gasteiger partial charge < -0.3 is 18.9 Å². The summed E-state index contributed by atoms with van der Waals surface area (Å²) in [5.41, 5.74) is 0. The first kappa shape index (κ1) is 25.0. The van der Waals surface area contributed by atoms with Gasteiger partial charge in [0, 0.05) is 24.5 Å². The van der Waals surface area contributed by atoms with Gasteiger partial charge in [-0.05, 0) is 60.1 Å². The fraction of sp³-hybridized carbons (Fsp3) is 0. The molecule has 8 bridgehead atoms. The topological polar surface area (TPSA) is 143 Å². The number of rotatable bonds is 3. The molecule has 1 aliphatic rings. The van der Waals surface area contributed by atoms with Gasteiger partial charge in [0.25, 0.3) is 0 Å².